The van der Waals surface area contributed by atoms with Gasteiger partial charge in [0.25, 0.3) is 5.56 Å². The van der Waals surface area contributed by atoms with Crippen molar-refractivity contribution >= 4 is 21.6 Å². The van der Waals surface area contributed by atoms with Crippen LogP contribution in [0.4, 0.5) is 0 Å². The van der Waals surface area contributed by atoms with Gasteiger partial charge in [-0.25, -0.2) is 0 Å². The number of benzene rings is 1. The SMILES string of the molecule is Cc1cc([C@@H](C)NC2=CC=CCC=C2S(C)=O)c2cc(C)n(C)c(=O)c2c1. The third kappa shape index (κ3) is 3.83. The molecule has 0 saturated heterocycles. The van der Waals surface area contributed by atoms with Crippen molar-refractivity contribution in [2.24, 2.45) is 7.05 Å². The summed E-state index contributed by atoms with van der Waals surface area (Å²) < 4.78 is 13.8. The predicted octanol–water partition coefficient (Wildman–Crippen LogP) is 3.91. The van der Waals surface area contributed by atoms with E-state index < -0.39 is 10.8 Å². The standard InChI is InChI=1S/C22H26N2O2S/c1-14-11-17(18-13-15(2)24(4)22(25)19(18)12-14)16(3)23-20-9-7-6-8-10-21(20)27(5)26/h6-7,9-13,16,23H,8H2,1-5H3/t16-,27?/m1/s1. The highest BCUT2D eigenvalue weighted by Gasteiger charge is 2.17. The van der Waals surface area contributed by atoms with Crippen LogP contribution in [0.3, 0.4) is 0 Å². The van der Waals surface area contributed by atoms with E-state index in [1.54, 1.807) is 17.9 Å². The van der Waals surface area contributed by atoms with Crippen molar-refractivity contribution in [3.63, 3.8) is 0 Å². The highest BCUT2D eigenvalue weighted by molar-refractivity contribution is 7.88. The smallest absolute Gasteiger partial charge is 0.258 e. The maximum absolute atomic E-state index is 12.7. The van der Waals surface area contributed by atoms with Crippen LogP contribution in [-0.2, 0) is 17.8 Å². The number of allylic oxidation sites excluding steroid dienone is 4. The van der Waals surface area contributed by atoms with Gasteiger partial charge in [-0.3, -0.25) is 9.00 Å². The van der Waals surface area contributed by atoms with E-state index in [1.165, 1.54) is 0 Å². The van der Waals surface area contributed by atoms with Crippen LogP contribution < -0.4 is 10.9 Å². The molecular formula is C22H26N2O2S. The Morgan fingerprint density at radius 3 is 2.63 bits per heavy atom. The lowest BCUT2D eigenvalue weighted by Gasteiger charge is -2.22. The summed E-state index contributed by atoms with van der Waals surface area (Å²) in [4.78, 5) is 13.5. The monoisotopic (exact) mass is 382 g/mol. The summed E-state index contributed by atoms with van der Waals surface area (Å²) in [6.45, 7) is 6.03. The van der Waals surface area contributed by atoms with Gasteiger partial charge in [-0.1, -0.05) is 24.3 Å². The van der Waals surface area contributed by atoms with Crippen LogP contribution >= 0.6 is 0 Å². The second-order valence-corrected chi connectivity index (χ2v) is 8.45. The zero-order chi connectivity index (χ0) is 19.7. The van der Waals surface area contributed by atoms with Gasteiger partial charge in [-0.15, -0.1) is 0 Å². The molecule has 2 aromatic rings. The molecule has 0 radical (unpaired) electrons. The molecule has 142 valence electrons. The molecule has 0 fully saturated rings. The summed E-state index contributed by atoms with van der Waals surface area (Å²) in [7, 11) is 0.732. The minimum absolute atomic E-state index is 0.0222. The number of aromatic nitrogens is 1. The molecule has 2 atom stereocenters. The summed E-state index contributed by atoms with van der Waals surface area (Å²) in [5.74, 6) is 0. The summed E-state index contributed by atoms with van der Waals surface area (Å²) in [5, 5.41) is 5.22. The molecule has 4 nitrogen and oxygen atoms in total. The molecule has 1 heterocycles. The molecule has 1 aliphatic carbocycles. The van der Waals surface area contributed by atoms with Crippen molar-refractivity contribution < 1.29 is 4.21 Å². The fraction of sp³-hybridized carbons (Fsp3) is 0.318. The molecule has 27 heavy (non-hydrogen) atoms. The molecule has 1 N–H and O–H groups in total. The van der Waals surface area contributed by atoms with Crippen LogP contribution in [0.1, 0.15) is 36.2 Å². The molecule has 1 unspecified atom stereocenters. The summed E-state index contributed by atoms with van der Waals surface area (Å²) in [6.07, 6.45) is 10.5. The maximum Gasteiger partial charge on any atom is 0.258 e. The zero-order valence-corrected chi connectivity index (χ0v) is 17.3. The van der Waals surface area contributed by atoms with Gasteiger partial charge in [0, 0.05) is 30.4 Å². The normalized spacial score (nSPS) is 16.5. The summed E-state index contributed by atoms with van der Waals surface area (Å²) >= 11 is 0. The van der Waals surface area contributed by atoms with Gasteiger partial charge in [-0.2, -0.15) is 0 Å². The number of pyridine rings is 1. The lowest BCUT2D eigenvalue weighted by Crippen LogP contribution is -2.23. The lowest BCUT2D eigenvalue weighted by atomic mass is 9.97. The van der Waals surface area contributed by atoms with Crippen molar-refractivity contribution in [1.82, 2.24) is 9.88 Å². The lowest BCUT2D eigenvalue weighted by molar-refractivity contribution is 0.663. The quantitative estimate of drug-likeness (QED) is 0.872. The van der Waals surface area contributed by atoms with E-state index in [4.69, 9.17) is 0 Å². The van der Waals surface area contributed by atoms with Crippen LogP contribution in [0, 0.1) is 13.8 Å². The third-order valence-corrected chi connectivity index (χ3v) is 6.03. The molecule has 1 aromatic heterocycles. The molecule has 0 amide bonds. The number of fused-ring (bicyclic) bond motifs is 1. The number of aryl methyl sites for hydroxylation is 2. The third-order valence-electron chi connectivity index (χ3n) is 5.03. The Balaban J connectivity index is 2.10. The minimum Gasteiger partial charge on any atom is -0.378 e. The first-order chi connectivity index (χ1) is 12.8. The fourth-order valence-electron chi connectivity index (χ4n) is 3.48. The average molecular weight is 383 g/mol. The van der Waals surface area contributed by atoms with E-state index in [2.05, 4.69) is 24.4 Å². The van der Waals surface area contributed by atoms with Gasteiger partial charge in [0.15, 0.2) is 0 Å². The van der Waals surface area contributed by atoms with E-state index in [9.17, 15) is 9.00 Å². The van der Waals surface area contributed by atoms with Crippen LogP contribution in [0.5, 0.6) is 0 Å². The van der Waals surface area contributed by atoms with E-state index in [1.807, 2.05) is 44.2 Å². The van der Waals surface area contributed by atoms with Gasteiger partial charge >= 0.3 is 0 Å². The van der Waals surface area contributed by atoms with E-state index >= 15 is 0 Å². The second-order valence-electron chi connectivity index (χ2n) is 7.10. The Labute approximate surface area is 162 Å². The van der Waals surface area contributed by atoms with E-state index in [-0.39, 0.29) is 11.6 Å². The zero-order valence-electron chi connectivity index (χ0n) is 16.5. The Hall–Kier alpha value is -2.40. The molecule has 3 rings (SSSR count). The first-order valence-electron chi connectivity index (χ1n) is 9.07. The number of nitrogens with zero attached hydrogens (tertiary/aromatic N) is 1. The molecular weight excluding hydrogens is 356 g/mol. The minimum atomic E-state index is -1.07. The Morgan fingerprint density at radius 2 is 1.93 bits per heavy atom. The van der Waals surface area contributed by atoms with Gasteiger partial charge in [0.05, 0.1) is 21.4 Å². The number of hydrogen-bond acceptors (Lipinski definition) is 3. The molecule has 0 spiro atoms. The summed E-state index contributed by atoms with van der Waals surface area (Å²) in [5.41, 5.74) is 3.94. The van der Waals surface area contributed by atoms with Crippen LogP contribution in [0.25, 0.3) is 10.8 Å². The van der Waals surface area contributed by atoms with Crippen molar-refractivity contribution in [2.75, 3.05) is 6.26 Å². The van der Waals surface area contributed by atoms with Gasteiger partial charge in [-0.05, 0) is 61.9 Å². The van der Waals surface area contributed by atoms with Gasteiger partial charge in [0.1, 0.15) is 0 Å². The number of hydrogen-bond donors (Lipinski definition) is 1. The van der Waals surface area contributed by atoms with E-state index in [0.29, 0.717) is 0 Å². The highest BCUT2D eigenvalue weighted by Crippen LogP contribution is 2.27. The first kappa shape index (κ1) is 19.4. The van der Waals surface area contributed by atoms with Crippen LogP contribution in [0.15, 0.2) is 57.9 Å². The number of nitrogens with one attached hydrogen (secondary N) is 1. The number of rotatable bonds is 4. The van der Waals surface area contributed by atoms with Crippen molar-refractivity contribution in [1.29, 1.82) is 0 Å². The molecule has 1 aliphatic rings. The Kier molecular flexibility index (Phi) is 5.51. The van der Waals surface area contributed by atoms with Crippen LogP contribution in [-0.4, -0.2) is 15.0 Å². The van der Waals surface area contributed by atoms with Gasteiger partial charge in [0.2, 0.25) is 0 Å². The molecule has 0 bridgehead atoms. The highest BCUT2D eigenvalue weighted by atomic mass is 32.2. The molecule has 0 aliphatic heterocycles. The predicted molar refractivity (Wildman–Crippen MR) is 114 cm³/mol. The van der Waals surface area contributed by atoms with Crippen molar-refractivity contribution in [2.45, 2.75) is 33.2 Å². The average Bonchev–Trinajstić information content (AvgIpc) is 2.85. The van der Waals surface area contributed by atoms with Crippen molar-refractivity contribution in [3.8, 4) is 0 Å². The Bertz CT molecular complexity index is 1070. The molecule has 0 saturated carbocycles. The van der Waals surface area contributed by atoms with Crippen LogP contribution in [0.2, 0.25) is 0 Å². The summed E-state index contributed by atoms with van der Waals surface area (Å²) in [6, 6.07) is 6.11. The Morgan fingerprint density at radius 1 is 1.19 bits per heavy atom. The molecule has 1 aromatic carbocycles. The largest absolute Gasteiger partial charge is 0.378 e. The second kappa shape index (κ2) is 7.69. The first-order valence-corrected chi connectivity index (χ1v) is 10.6. The van der Waals surface area contributed by atoms with E-state index in [0.717, 1.165) is 44.6 Å². The van der Waals surface area contributed by atoms with Gasteiger partial charge < -0.3 is 9.88 Å². The maximum atomic E-state index is 12.7. The fourth-order valence-corrected chi connectivity index (χ4v) is 4.25. The van der Waals surface area contributed by atoms with Crippen molar-refractivity contribution in [3.05, 3.63) is 80.3 Å². The molecule has 5 heteroatoms. The topological polar surface area (TPSA) is 51.1 Å².